The molecule has 2 atom stereocenters. The second kappa shape index (κ2) is 12.0. The maximum Gasteiger partial charge on any atom is 0.213 e. The van der Waals surface area contributed by atoms with Gasteiger partial charge in [0, 0.05) is 42.9 Å². The standard InChI is InChI=1S/C31H36N6O4/c1-31(2,38)20-40-26-14-27(30-22(15-32)17-35-37(30)19-26)21-9-11-28(33-16-21)36(3)23-7-5-6-8-24(13-23)41-25-10-12-29(39-4)34-18-25/h9-12,14,16-19,23-24,38H,5-8,13,20H2,1-4H3. The van der Waals surface area contributed by atoms with Gasteiger partial charge in [0.2, 0.25) is 5.88 Å². The first kappa shape index (κ1) is 28.2. The Bertz CT molecular complexity index is 1510. The first-order valence-corrected chi connectivity index (χ1v) is 13.9. The lowest BCUT2D eigenvalue weighted by Crippen LogP contribution is -2.35. The van der Waals surface area contributed by atoms with Gasteiger partial charge in [0.25, 0.3) is 0 Å². The third-order valence-electron chi connectivity index (χ3n) is 7.34. The number of nitrogens with zero attached hydrogens (tertiary/aromatic N) is 6. The van der Waals surface area contributed by atoms with E-state index in [9.17, 15) is 10.4 Å². The van der Waals surface area contributed by atoms with Crippen LogP contribution >= 0.6 is 0 Å². The molecule has 4 aromatic rings. The van der Waals surface area contributed by atoms with E-state index in [2.05, 4.69) is 28.1 Å². The second-order valence-corrected chi connectivity index (χ2v) is 11.1. The summed E-state index contributed by atoms with van der Waals surface area (Å²) in [6.07, 6.45) is 12.1. The van der Waals surface area contributed by atoms with Gasteiger partial charge in [0.1, 0.15) is 36.1 Å². The number of aliphatic hydroxyl groups is 1. The molecule has 0 aromatic carbocycles. The van der Waals surface area contributed by atoms with E-state index in [1.165, 1.54) is 0 Å². The zero-order valence-corrected chi connectivity index (χ0v) is 23.9. The number of aromatic nitrogens is 4. The molecule has 0 radical (unpaired) electrons. The summed E-state index contributed by atoms with van der Waals surface area (Å²) in [5.74, 6) is 2.72. The van der Waals surface area contributed by atoms with Crippen LogP contribution in [-0.2, 0) is 0 Å². The molecule has 4 heterocycles. The second-order valence-electron chi connectivity index (χ2n) is 11.1. The molecule has 0 aliphatic heterocycles. The van der Waals surface area contributed by atoms with Crippen LogP contribution in [0.1, 0.15) is 51.5 Å². The topological polar surface area (TPSA) is 118 Å². The summed E-state index contributed by atoms with van der Waals surface area (Å²) < 4.78 is 19.0. The van der Waals surface area contributed by atoms with Crippen molar-refractivity contribution in [3.05, 3.63) is 60.7 Å². The SMILES string of the molecule is COc1ccc(OC2CCCCC(N(C)c3ccc(-c4cc(OCC(C)(C)O)cn5ncc(C#N)c45)cn3)C2)cn1. The van der Waals surface area contributed by atoms with Crippen LogP contribution in [-0.4, -0.2) is 63.2 Å². The third kappa shape index (κ3) is 6.69. The number of nitriles is 1. The van der Waals surface area contributed by atoms with Gasteiger partial charge in [-0.15, -0.1) is 0 Å². The number of pyridine rings is 3. The molecule has 4 aromatic heterocycles. The summed E-state index contributed by atoms with van der Waals surface area (Å²) >= 11 is 0. The Hall–Kier alpha value is -4.36. The molecule has 214 valence electrons. The van der Waals surface area contributed by atoms with Crippen molar-refractivity contribution >= 4 is 11.3 Å². The van der Waals surface area contributed by atoms with E-state index in [1.54, 1.807) is 44.1 Å². The summed E-state index contributed by atoms with van der Waals surface area (Å²) in [7, 11) is 3.68. The van der Waals surface area contributed by atoms with Gasteiger partial charge < -0.3 is 24.2 Å². The van der Waals surface area contributed by atoms with Crippen molar-refractivity contribution in [2.45, 2.75) is 63.7 Å². The van der Waals surface area contributed by atoms with Gasteiger partial charge in [-0.3, -0.25) is 0 Å². The number of hydrogen-bond acceptors (Lipinski definition) is 9. The van der Waals surface area contributed by atoms with Gasteiger partial charge in [0.15, 0.2) is 0 Å². The maximum absolute atomic E-state index is 10.1. The Morgan fingerprint density at radius 1 is 1.10 bits per heavy atom. The fourth-order valence-electron chi connectivity index (χ4n) is 5.18. The Morgan fingerprint density at radius 3 is 2.61 bits per heavy atom. The molecule has 41 heavy (non-hydrogen) atoms. The number of anilines is 1. The molecule has 5 rings (SSSR count). The zero-order valence-electron chi connectivity index (χ0n) is 23.9. The molecule has 1 aliphatic rings. The molecule has 1 fully saturated rings. The summed E-state index contributed by atoms with van der Waals surface area (Å²) in [5.41, 5.74) is 1.78. The molecule has 10 heteroatoms. The third-order valence-corrected chi connectivity index (χ3v) is 7.34. The monoisotopic (exact) mass is 556 g/mol. The smallest absolute Gasteiger partial charge is 0.213 e. The molecule has 1 N–H and O–H groups in total. The highest BCUT2D eigenvalue weighted by Crippen LogP contribution is 2.33. The fraction of sp³-hybridized carbons (Fsp3) is 0.419. The normalized spacial score (nSPS) is 17.5. The summed E-state index contributed by atoms with van der Waals surface area (Å²) in [6, 6.07) is 12.1. The zero-order chi connectivity index (χ0) is 29.0. The van der Waals surface area contributed by atoms with Crippen LogP contribution in [0, 0.1) is 11.3 Å². The summed E-state index contributed by atoms with van der Waals surface area (Å²) in [5, 5.41) is 24.1. The molecular weight excluding hydrogens is 520 g/mol. The molecule has 0 bridgehead atoms. The van der Waals surface area contributed by atoms with E-state index in [0.29, 0.717) is 22.7 Å². The lowest BCUT2D eigenvalue weighted by atomic mass is 10.0. The average Bonchev–Trinajstić information content (AvgIpc) is 3.25. The summed E-state index contributed by atoms with van der Waals surface area (Å²) in [6.45, 7) is 3.49. The predicted molar refractivity (Wildman–Crippen MR) is 155 cm³/mol. The van der Waals surface area contributed by atoms with Crippen LogP contribution in [0.25, 0.3) is 16.6 Å². The molecule has 1 aliphatic carbocycles. The van der Waals surface area contributed by atoms with Crippen molar-refractivity contribution in [1.29, 1.82) is 5.26 Å². The molecule has 2 unspecified atom stereocenters. The van der Waals surface area contributed by atoms with Crippen molar-refractivity contribution in [1.82, 2.24) is 19.6 Å². The van der Waals surface area contributed by atoms with Crippen molar-refractivity contribution in [3.63, 3.8) is 0 Å². The molecule has 0 spiro atoms. The highest BCUT2D eigenvalue weighted by atomic mass is 16.5. The van der Waals surface area contributed by atoms with Crippen molar-refractivity contribution in [2.24, 2.45) is 0 Å². The number of hydrogen-bond donors (Lipinski definition) is 1. The van der Waals surface area contributed by atoms with Crippen LogP contribution in [0.3, 0.4) is 0 Å². The van der Waals surface area contributed by atoms with Gasteiger partial charge >= 0.3 is 0 Å². The summed E-state index contributed by atoms with van der Waals surface area (Å²) in [4.78, 5) is 11.3. The first-order valence-electron chi connectivity index (χ1n) is 13.9. The predicted octanol–water partition coefficient (Wildman–Crippen LogP) is 5.04. The van der Waals surface area contributed by atoms with Crippen LogP contribution < -0.4 is 19.1 Å². The highest BCUT2D eigenvalue weighted by Gasteiger charge is 2.26. The largest absolute Gasteiger partial charge is 0.489 e. The van der Waals surface area contributed by atoms with Gasteiger partial charge in [-0.1, -0.05) is 6.42 Å². The van der Waals surface area contributed by atoms with Crippen LogP contribution in [0.5, 0.6) is 17.4 Å². The van der Waals surface area contributed by atoms with Crippen molar-refractivity contribution in [3.8, 4) is 34.6 Å². The number of methoxy groups -OCH3 is 1. The van der Waals surface area contributed by atoms with E-state index in [1.807, 2.05) is 36.5 Å². The molecule has 10 nitrogen and oxygen atoms in total. The van der Waals surface area contributed by atoms with Crippen LogP contribution in [0.4, 0.5) is 5.82 Å². The fourth-order valence-corrected chi connectivity index (χ4v) is 5.18. The minimum atomic E-state index is -0.988. The van der Waals surface area contributed by atoms with Gasteiger partial charge in [-0.25, -0.2) is 14.5 Å². The Balaban J connectivity index is 1.35. The van der Waals surface area contributed by atoms with Crippen LogP contribution in [0.15, 0.2) is 55.1 Å². The Morgan fingerprint density at radius 2 is 1.93 bits per heavy atom. The number of rotatable bonds is 9. The Labute approximate surface area is 240 Å². The first-order chi connectivity index (χ1) is 19.7. The van der Waals surface area contributed by atoms with Crippen molar-refractivity contribution < 1.29 is 19.3 Å². The average molecular weight is 557 g/mol. The highest BCUT2D eigenvalue weighted by molar-refractivity contribution is 5.85. The van der Waals surface area contributed by atoms with Crippen LogP contribution in [0.2, 0.25) is 0 Å². The molecular formula is C31H36N6O4. The van der Waals surface area contributed by atoms with E-state index >= 15 is 0 Å². The molecule has 0 saturated heterocycles. The van der Waals surface area contributed by atoms with Gasteiger partial charge in [-0.2, -0.15) is 10.4 Å². The minimum Gasteiger partial charge on any atom is -0.489 e. The lowest BCUT2D eigenvalue weighted by molar-refractivity contribution is 0.0283. The number of ether oxygens (including phenoxy) is 3. The molecule has 0 amide bonds. The lowest BCUT2D eigenvalue weighted by Gasteiger charge is -2.30. The van der Waals surface area contributed by atoms with E-state index in [-0.39, 0.29) is 18.8 Å². The van der Waals surface area contributed by atoms with Crippen molar-refractivity contribution in [2.75, 3.05) is 25.7 Å². The van der Waals surface area contributed by atoms with Gasteiger partial charge in [-0.05, 0) is 57.4 Å². The maximum atomic E-state index is 10.1. The van der Waals surface area contributed by atoms with Gasteiger partial charge in [0.05, 0.1) is 42.4 Å². The molecule has 1 saturated carbocycles. The van der Waals surface area contributed by atoms with E-state index in [4.69, 9.17) is 19.2 Å². The van der Waals surface area contributed by atoms with E-state index < -0.39 is 5.60 Å². The number of fused-ring (bicyclic) bond motifs is 1. The van der Waals surface area contributed by atoms with E-state index in [0.717, 1.165) is 54.8 Å². The Kier molecular flexibility index (Phi) is 8.26. The quantitative estimate of drug-likeness (QED) is 0.283. The minimum absolute atomic E-state index is 0.0885.